The van der Waals surface area contributed by atoms with Gasteiger partial charge in [0.15, 0.2) is 5.82 Å². The molecule has 5 rings (SSSR count). The average molecular weight is 528 g/mol. The minimum Gasteiger partial charge on any atom is -0.495 e. The maximum atomic E-state index is 13.3. The first-order valence-electron chi connectivity index (χ1n) is 12.9. The molecule has 1 saturated heterocycles. The molecule has 0 atom stereocenters. The van der Waals surface area contributed by atoms with Gasteiger partial charge in [-0.25, -0.2) is 19.9 Å². The minimum absolute atomic E-state index is 0.0712. The maximum Gasteiger partial charge on any atom is 0.255 e. The van der Waals surface area contributed by atoms with Crippen LogP contribution in [0.15, 0.2) is 48.9 Å². The van der Waals surface area contributed by atoms with Gasteiger partial charge in [0.25, 0.3) is 5.91 Å². The van der Waals surface area contributed by atoms with E-state index < -0.39 is 0 Å². The van der Waals surface area contributed by atoms with E-state index in [-0.39, 0.29) is 11.3 Å². The van der Waals surface area contributed by atoms with E-state index in [9.17, 15) is 4.79 Å². The second-order valence-electron chi connectivity index (χ2n) is 10.5. The van der Waals surface area contributed by atoms with Gasteiger partial charge in [-0.2, -0.15) is 0 Å². The zero-order valence-electron chi connectivity index (χ0n) is 22.9. The smallest absolute Gasteiger partial charge is 0.255 e. The fourth-order valence-electron chi connectivity index (χ4n) is 4.34. The van der Waals surface area contributed by atoms with E-state index in [4.69, 9.17) is 14.5 Å². The Kier molecular flexibility index (Phi) is 7.30. The standard InChI is InChI=1S/C29H33N7O3/c1-18-6-7-19(27(37)34-22-15-20(29(2,3)4)8-9-24(22)38-5)14-21(18)33-26-25-23(31-17-32-26)16-30-28(35-25)36-10-12-39-13-11-36/h6-9,14-17H,10-13H2,1-5H3,(H,34,37)(H,31,32,33). The Labute approximate surface area is 227 Å². The molecule has 0 bridgehead atoms. The molecule has 2 aromatic carbocycles. The summed E-state index contributed by atoms with van der Waals surface area (Å²) in [5, 5.41) is 6.39. The van der Waals surface area contributed by atoms with Gasteiger partial charge < -0.3 is 25.0 Å². The third-order valence-corrected chi connectivity index (χ3v) is 6.73. The summed E-state index contributed by atoms with van der Waals surface area (Å²) in [5.41, 5.74) is 5.07. The quantitative estimate of drug-likeness (QED) is 0.362. The number of methoxy groups -OCH3 is 1. The predicted octanol–water partition coefficient (Wildman–Crippen LogP) is 4.87. The van der Waals surface area contributed by atoms with Crippen LogP contribution < -0.4 is 20.3 Å². The molecule has 1 aliphatic heterocycles. The number of rotatable bonds is 6. The van der Waals surface area contributed by atoms with Gasteiger partial charge in [-0.3, -0.25) is 4.79 Å². The van der Waals surface area contributed by atoms with Crippen LogP contribution in [-0.2, 0) is 10.2 Å². The second-order valence-corrected chi connectivity index (χ2v) is 10.5. The van der Waals surface area contributed by atoms with Gasteiger partial charge in [0, 0.05) is 24.3 Å². The summed E-state index contributed by atoms with van der Waals surface area (Å²) >= 11 is 0. The molecule has 0 saturated carbocycles. The monoisotopic (exact) mass is 527 g/mol. The fraction of sp³-hybridized carbons (Fsp3) is 0.345. The first kappa shape index (κ1) is 26.3. The fourth-order valence-corrected chi connectivity index (χ4v) is 4.34. The normalized spacial score (nSPS) is 13.8. The Bertz CT molecular complexity index is 1510. The van der Waals surface area contributed by atoms with Crippen molar-refractivity contribution in [3.63, 3.8) is 0 Å². The summed E-state index contributed by atoms with van der Waals surface area (Å²) in [6.07, 6.45) is 3.18. The SMILES string of the molecule is COc1ccc(C(C)(C)C)cc1NC(=O)c1ccc(C)c(Nc2ncnc3cnc(N4CCOCC4)nc23)c1. The van der Waals surface area contributed by atoms with Crippen LogP contribution in [0.3, 0.4) is 0 Å². The van der Waals surface area contributed by atoms with E-state index in [2.05, 4.69) is 51.3 Å². The van der Waals surface area contributed by atoms with Crippen molar-refractivity contribution >= 4 is 40.1 Å². The number of nitrogens with one attached hydrogen (secondary N) is 2. The van der Waals surface area contributed by atoms with E-state index >= 15 is 0 Å². The van der Waals surface area contributed by atoms with Crippen molar-refractivity contribution in [3.05, 3.63) is 65.6 Å². The van der Waals surface area contributed by atoms with Crippen LogP contribution in [-0.4, -0.2) is 59.3 Å². The number of benzene rings is 2. The number of anilines is 4. The third-order valence-electron chi connectivity index (χ3n) is 6.73. The van der Waals surface area contributed by atoms with Crippen LogP contribution in [0.5, 0.6) is 5.75 Å². The van der Waals surface area contributed by atoms with Crippen molar-refractivity contribution < 1.29 is 14.3 Å². The topological polar surface area (TPSA) is 114 Å². The van der Waals surface area contributed by atoms with Gasteiger partial charge in [-0.05, 0) is 47.7 Å². The number of hydrogen-bond donors (Lipinski definition) is 2. The minimum atomic E-state index is -0.244. The summed E-state index contributed by atoms with van der Waals surface area (Å²) < 4.78 is 11.0. The lowest BCUT2D eigenvalue weighted by molar-refractivity contribution is 0.102. The van der Waals surface area contributed by atoms with E-state index in [1.807, 2.05) is 37.3 Å². The molecular weight excluding hydrogens is 494 g/mol. The van der Waals surface area contributed by atoms with E-state index in [0.29, 0.717) is 53.0 Å². The lowest BCUT2D eigenvalue weighted by atomic mass is 9.87. The molecule has 39 heavy (non-hydrogen) atoms. The van der Waals surface area contributed by atoms with Crippen molar-refractivity contribution in [3.8, 4) is 5.75 Å². The molecule has 10 nitrogen and oxygen atoms in total. The predicted molar refractivity (Wildman–Crippen MR) is 152 cm³/mol. The molecular formula is C29H33N7O3. The number of fused-ring (bicyclic) bond motifs is 1. The van der Waals surface area contributed by atoms with Crippen molar-refractivity contribution in [2.75, 3.05) is 48.9 Å². The highest BCUT2D eigenvalue weighted by molar-refractivity contribution is 6.06. The zero-order valence-corrected chi connectivity index (χ0v) is 22.9. The molecule has 0 spiro atoms. The van der Waals surface area contributed by atoms with Crippen molar-refractivity contribution in [1.29, 1.82) is 0 Å². The van der Waals surface area contributed by atoms with Gasteiger partial charge in [-0.15, -0.1) is 0 Å². The number of amides is 1. The van der Waals surface area contributed by atoms with Crippen LogP contribution in [0.25, 0.3) is 11.0 Å². The Morgan fingerprint density at radius 2 is 1.82 bits per heavy atom. The van der Waals surface area contributed by atoms with Crippen molar-refractivity contribution in [2.45, 2.75) is 33.1 Å². The molecule has 0 radical (unpaired) electrons. The van der Waals surface area contributed by atoms with Crippen LogP contribution in [0, 0.1) is 6.92 Å². The molecule has 3 heterocycles. The molecule has 1 aliphatic rings. The Hall–Kier alpha value is -4.31. The van der Waals surface area contributed by atoms with Crippen molar-refractivity contribution in [1.82, 2.24) is 19.9 Å². The summed E-state index contributed by atoms with van der Waals surface area (Å²) in [4.78, 5) is 33.5. The number of carbonyl (C=O) groups excluding carboxylic acids is 1. The van der Waals surface area contributed by atoms with E-state index in [0.717, 1.165) is 29.9 Å². The second kappa shape index (κ2) is 10.8. The highest BCUT2D eigenvalue weighted by atomic mass is 16.5. The molecule has 1 amide bonds. The van der Waals surface area contributed by atoms with Crippen LogP contribution in [0.2, 0.25) is 0 Å². The lowest BCUT2D eigenvalue weighted by Crippen LogP contribution is -2.37. The molecule has 10 heteroatoms. The van der Waals surface area contributed by atoms with Gasteiger partial charge in [-0.1, -0.05) is 32.9 Å². The number of carbonyl (C=O) groups is 1. The number of hydrogen-bond acceptors (Lipinski definition) is 9. The molecule has 0 unspecified atom stereocenters. The highest BCUT2D eigenvalue weighted by Crippen LogP contribution is 2.32. The zero-order chi connectivity index (χ0) is 27.6. The molecule has 1 fully saturated rings. The van der Waals surface area contributed by atoms with Crippen LogP contribution in [0.4, 0.5) is 23.1 Å². The number of aryl methyl sites for hydroxylation is 1. The molecule has 0 aliphatic carbocycles. The summed E-state index contributed by atoms with van der Waals surface area (Å²) in [6, 6.07) is 11.4. The maximum absolute atomic E-state index is 13.3. The van der Waals surface area contributed by atoms with Gasteiger partial charge in [0.2, 0.25) is 5.95 Å². The highest BCUT2D eigenvalue weighted by Gasteiger charge is 2.19. The number of nitrogens with zero attached hydrogens (tertiary/aromatic N) is 5. The van der Waals surface area contributed by atoms with Crippen molar-refractivity contribution in [2.24, 2.45) is 0 Å². The van der Waals surface area contributed by atoms with Crippen LogP contribution in [0.1, 0.15) is 42.3 Å². The van der Waals surface area contributed by atoms with Gasteiger partial charge in [0.05, 0.1) is 32.2 Å². The Balaban J connectivity index is 1.43. The van der Waals surface area contributed by atoms with E-state index in [1.165, 1.54) is 6.33 Å². The average Bonchev–Trinajstić information content (AvgIpc) is 2.94. The summed E-state index contributed by atoms with van der Waals surface area (Å²) in [5.74, 6) is 1.51. The molecule has 2 N–H and O–H groups in total. The summed E-state index contributed by atoms with van der Waals surface area (Å²) in [7, 11) is 1.59. The Morgan fingerprint density at radius 3 is 2.56 bits per heavy atom. The van der Waals surface area contributed by atoms with Gasteiger partial charge in [0.1, 0.15) is 23.1 Å². The largest absolute Gasteiger partial charge is 0.495 e. The number of aromatic nitrogens is 4. The van der Waals surface area contributed by atoms with Crippen LogP contribution >= 0.6 is 0 Å². The third kappa shape index (κ3) is 5.75. The molecule has 202 valence electrons. The first-order chi connectivity index (χ1) is 18.7. The number of ether oxygens (including phenoxy) is 2. The Morgan fingerprint density at radius 1 is 1.03 bits per heavy atom. The summed E-state index contributed by atoms with van der Waals surface area (Å²) in [6.45, 7) is 11.1. The molecule has 2 aromatic heterocycles. The first-order valence-corrected chi connectivity index (χ1v) is 12.9. The van der Waals surface area contributed by atoms with E-state index in [1.54, 1.807) is 19.4 Å². The molecule has 4 aromatic rings. The number of morpholine rings is 1. The lowest BCUT2D eigenvalue weighted by Gasteiger charge is -2.26. The van der Waals surface area contributed by atoms with Gasteiger partial charge >= 0.3 is 0 Å².